The van der Waals surface area contributed by atoms with Crippen LogP contribution in [0, 0.1) is 6.92 Å². The molecule has 0 unspecified atom stereocenters. The smallest absolute Gasteiger partial charge is 0.339 e. The van der Waals surface area contributed by atoms with Crippen LogP contribution in [0.2, 0.25) is 0 Å². The number of benzene rings is 2. The fraction of sp³-hybridized carbons (Fsp3) is 0.143. The monoisotopic (exact) mass is 376 g/mol. The van der Waals surface area contributed by atoms with Crippen LogP contribution in [0.5, 0.6) is 0 Å². The van der Waals surface area contributed by atoms with Crippen LogP contribution in [0.25, 0.3) is 0 Å². The van der Waals surface area contributed by atoms with Crippen molar-refractivity contribution in [3.8, 4) is 0 Å². The van der Waals surface area contributed by atoms with Crippen molar-refractivity contribution in [2.45, 2.75) is 13.5 Å². The maximum Gasteiger partial charge on any atom is 0.339 e. The highest BCUT2D eigenvalue weighted by Gasteiger charge is 2.14. The molecular formula is C21H20N4O3. The summed E-state index contributed by atoms with van der Waals surface area (Å²) < 4.78 is 4.73. The van der Waals surface area contributed by atoms with Crippen LogP contribution in [0.4, 0.5) is 11.6 Å². The predicted octanol–water partition coefficient (Wildman–Crippen LogP) is 3.44. The highest BCUT2D eigenvalue weighted by Crippen LogP contribution is 2.17. The number of methoxy groups -OCH3 is 1. The largest absolute Gasteiger partial charge is 0.465 e. The van der Waals surface area contributed by atoms with E-state index in [1.807, 2.05) is 31.2 Å². The average Bonchev–Trinajstić information content (AvgIpc) is 2.73. The number of carbonyl (C=O) groups excluding carboxylic acids is 2. The summed E-state index contributed by atoms with van der Waals surface area (Å²) in [6, 6.07) is 14.7. The fourth-order valence-electron chi connectivity index (χ4n) is 2.59. The number of esters is 1. The van der Waals surface area contributed by atoms with Crippen molar-refractivity contribution in [3.63, 3.8) is 0 Å². The van der Waals surface area contributed by atoms with Crippen molar-refractivity contribution in [3.05, 3.63) is 83.2 Å². The molecule has 7 nitrogen and oxygen atoms in total. The zero-order chi connectivity index (χ0) is 19.9. The summed E-state index contributed by atoms with van der Waals surface area (Å²) in [5.74, 6) is -0.514. The minimum atomic E-state index is -0.525. The molecule has 0 spiro atoms. The Morgan fingerprint density at radius 1 is 1.00 bits per heavy atom. The van der Waals surface area contributed by atoms with E-state index in [0.29, 0.717) is 18.2 Å². The van der Waals surface area contributed by atoms with Gasteiger partial charge in [-0.3, -0.25) is 4.79 Å². The Balaban J connectivity index is 1.66. The Labute approximate surface area is 162 Å². The third kappa shape index (κ3) is 4.50. The normalized spacial score (nSPS) is 10.2. The molecule has 7 heteroatoms. The molecule has 1 amide bonds. The summed E-state index contributed by atoms with van der Waals surface area (Å²) in [4.78, 5) is 32.6. The second kappa shape index (κ2) is 8.77. The van der Waals surface area contributed by atoms with Crippen molar-refractivity contribution >= 4 is 23.5 Å². The van der Waals surface area contributed by atoms with Gasteiger partial charge in [-0.05, 0) is 30.2 Å². The molecule has 0 saturated heterocycles. The Kier molecular flexibility index (Phi) is 5.96. The summed E-state index contributed by atoms with van der Waals surface area (Å²) in [6.45, 7) is 2.63. The van der Waals surface area contributed by atoms with E-state index in [1.165, 1.54) is 25.1 Å². The molecule has 1 heterocycles. The van der Waals surface area contributed by atoms with Crippen LogP contribution in [0.15, 0.2) is 60.9 Å². The number of rotatable bonds is 6. The molecule has 0 aliphatic rings. The molecule has 0 radical (unpaired) electrons. The number of hydrogen-bond acceptors (Lipinski definition) is 6. The molecule has 1 aromatic heterocycles. The second-order valence-electron chi connectivity index (χ2n) is 6.07. The van der Waals surface area contributed by atoms with E-state index in [1.54, 1.807) is 24.3 Å². The first-order chi connectivity index (χ1) is 13.6. The average molecular weight is 376 g/mol. The van der Waals surface area contributed by atoms with Crippen LogP contribution in [-0.4, -0.2) is 29.0 Å². The maximum absolute atomic E-state index is 12.4. The number of aryl methyl sites for hydroxylation is 1. The van der Waals surface area contributed by atoms with Gasteiger partial charge in [-0.15, -0.1) is 0 Å². The highest BCUT2D eigenvalue weighted by molar-refractivity contribution is 6.07. The van der Waals surface area contributed by atoms with Crippen molar-refractivity contribution in [1.82, 2.24) is 9.97 Å². The lowest BCUT2D eigenvalue weighted by Gasteiger charge is -2.10. The number of ether oxygens (including phenoxy) is 1. The van der Waals surface area contributed by atoms with Crippen molar-refractivity contribution in [2.75, 3.05) is 17.7 Å². The van der Waals surface area contributed by atoms with Crippen molar-refractivity contribution in [1.29, 1.82) is 0 Å². The molecule has 0 aliphatic carbocycles. The minimum Gasteiger partial charge on any atom is -0.465 e. The zero-order valence-corrected chi connectivity index (χ0v) is 15.6. The van der Waals surface area contributed by atoms with Gasteiger partial charge >= 0.3 is 5.97 Å². The van der Waals surface area contributed by atoms with Crippen LogP contribution in [-0.2, 0) is 11.3 Å². The molecule has 0 aliphatic heterocycles. The van der Waals surface area contributed by atoms with Gasteiger partial charge in [0, 0.05) is 18.9 Å². The Hall–Kier alpha value is -3.74. The second-order valence-corrected chi connectivity index (χ2v) is 6.07. The van der Waals surface area contributed by atoms with Gasteiger partial charge in [0.1, 0.15) is 0 Å². The van der Waals surface area contributed by atoms with Gasteiger partial charge in [-0.1, -0.05) is 36.4 Å². The standard InChI is InChI=1S/C21H20N4O3/c1-14-7-3-4-8-15(14)11-22-21-23-12-16(13-24-21)19(26)25-18-10-6-5-9-17(18)20(27)28-2/h3-10,12-13H,11H2,1-2H3,(H,25,26)(H,22,23,24). The van der Waals surface area contributed by atoms with Gasteiger partial charge in [0.2, 0.25) is 5.95 Å². The Morgan fingerprint density at radius 3 is 2.39 bits per heavy atom. The Bertz CT molecular complexity index is 987. The lowest BCUT2D eigenvalue weighted by atomic mass is 10.1. The van der Waals surface area contributed by atoms with Gasteiger partial charge in [-0.25, -0.2) is 14.8 Å². The number of nitrogens with one attached hydrogen (secondary N) is 2. The van der Waals surface area contributed by atoms with Crippen LogP contribution < -0.4 is 10.6 Å². The van der Waals surface area contributed by atoms with Gasteiger partial charge in [0.25, 0.3) is 5.91 Å². The van der Waals surface area contributed by atoms with Gasteiger partial charge in [-0.2, -0.15) is 0 Å². The summed E-state index contributed by atoms with van der Waals surface area (Å²) >= 11 is 0. The fourth-order valence-corrected chi connectivity index (χ4v) is 2.59. The number of anilines is 2. The number of aromatic nitrogens is 2. The third-order valence-corrected chi connectivity index (χ3v) is 4.19. The van der Waals surface area contributed by atoms with Gasteiger partial charge in [0.05, 0.1) is 23.9 Å². The molecular weight excluding hydrogens is 356 g/mol. The van der Waals surface area contributed by atoms with E-state index in [9.17, 15) is 9.59 Å². The maximum atomic E-state index is 12.4. The quantitative estimate of drug-likeness (QED) is 0.640. The molecule has 142 valence electrons. The summed E-state index contributed by atoms with van der Waals surface area (Å²) in [5.41, 5.74) is 3.24. The van der Waals surface area contributed by atoms with Gasteiger partial charge in [0.15, 0.2) is 0 Å². The van der Waals surface area contributed by atoms with Crippen molar-refractivity contribution in [2.24, 2.45) is 0 Å². The number of carbonyl (C=O) groups is 2. The number of para-hydroxylation sites is 1. The number of nitrogens with zero attached hydrogens (tertiary/aromatic N) is 2. The molecule has 28 heavy (non-hydrogen) atoms. The molecule has 3 aromatic rings. The molecule has 0 fully saturated rings. The van der Waals surface area contributed by atoms with Crippen LogP contribution in [0.3, 0.4) is 0 Å². The first kappa shape index (κ1) is 19.0. The lowest BCUT2D eigenvalue weighted by molar-refractivity contribution is 0.0602. The minimum absolute atomic E-state index is 0.274. The van der Waals surface area contributed by atoms with E-state index in [0.717, 1.165) is 5.56 Å². The molecule has 2 aromatic carbocycles. The topological polar surface area (TPSA) is 93.2 Å². The SMILES string of the molecule is COC(=O)c1ccccc1NC(=O)c1cnc(NCc2ccccc2C)nc1. The van der Waals surface area contributed by atoms with Gasteiger partial charge < -0.3 is 15.4 Å². The molecule has 2 N–H and O–H groups in total. The summed E-state index contributed by atoms with van der Waals surface area (Å²) in [6.07, 6.45) is 2.87. The Morgan fingerprint density at radius 2 is 1.68 bits per heavy atom. The van der Waals surface area contributed by atoms with E-state index in [4.69, 9.17) is 4.74 Å². The summed E-state index contributed by atoms with van der Waals surface area (Å²) in [7, 11) is 1.29. The molecule has 0 bridgehead atoms. The van der Waals surface area contributed by atoms with E-state index in [-0.39, 0.29) is 11.1 Å². The van der Waals surface area contributed by atoms with Crippen LogP contribution in [0.1, 0.15) is 31.8 Å². The molecule has 3 rings (SSSR count). The van der Waals surface area contributed by atoms with Crippen molar-refractivity contribution < 1.29 is 14.3 Å². The lowest BCUT2D eigenvalue weighted by Crippen LogP contribution is -2.16. The van der Waals surface area contributed by atoms with E-state index >= 15 is 0 Å². The molecule has 0 saturated carbocycles. The van der Waals surface area contributed by atoms with Crippen LogP contribution >= 0.6 is 0 Å². The number of hydrogen-bond donors (Lipinski definition) is 2. The third-order valence-electron chi connectivity index (χ3n) is 4.19. The zero-order valence-electron chi connectivity index (χ0n) is 15.6. The molecule has 0 atom stereocenters. The predicted molar refractivity (Wildman–Crippen MR) is 106 cm³/mol. The highest BCUT2D eigenvalue weighted by atomic mass is 16.5. The first-order valence-corrected chi connectivity index (χ1v) is 8.67. The first-order valence-electron chi connectivity index (χ1n) is 8.67. The van der Waals surface area contributed by atoms with E-state index in [2.05, 4.69) is 20.6 Å². The summed E-state index contributed by atoms with van der Waals surface area (Å²) in [5, 5.41) is 5.82. The van der Waals surface area contributed by atoms with E-state index < -0.39 is 11.9 Å². The number of amides is 1.